The summed E-state index contributed by atoms with van der Waals surface area (Å²) in [5.74, 6) is 0.990. The van der Waals surface area contributed by atoms with Crippen LogP contribution in [0.3, 0.4) is 0 Å². The first-order chi connectivity index (χ1) is 11.6. The van der Waals surface area contributed by atoms with Gasteiger partial charge in [0.05, 0.1) is 5.69 Å². The first-order valence-electron chi connectivity index (χ1n) is 7.69. The second kappa shape index (κ2) is 6.96. The Morgan fingerprint density at radius 2 is 1.92 bits per heavy atom. The number of allylic oxidation sites excluding steroid dienone is 1. The molecule has 0 amide bonds. The Kier molecular flexibility index (Phi) is 4.57. The van der Waals surface area contributed by atoms with Crippen LogP contribution >= 0.6 is 0 Å². The zero-order valence-corrected chi connectivity index (χ0v) is 13.6. The minimum Gasteiger partial charge on any atom is -0.488 e. The van der Waals surface area contributed by atoms with Gasteiger partial charge < -0.3 is 10.5 Å². The highest BCUT2D eigenvalue weighted by Gasteiger charge is 2.11. The molecule has 3 aromatic rings. The number of nitrogens with two attached hydrogens (primary N) is 1. The van der Waals surface area contributed by atoms with Crippen molar-refractivity contribution in [2.24, 2.45) is 0 Å². The van der Waals surface area contributed by atoms with Crippen LogP contribution in [0.15, 0.2) is 67.4 Å². The molecule has 0 fully saturated rings. The third-order valence-corrected chi connectivity index (χ3v) is 3.66. The van der Waals surface area contributed by atoms with Gasteiger partial charge in [0.2, 0.25) is 5.95 Å². The maximum absolute atomic E-state index is 6.02. The molecule has 0 radical (unpaired) electrons. The molecule has 0 spiro atoms. The SMILES string of the molecule is C=C(C)c1ccc(OCc2ccccc2)c(-c2ccnc(N)n2)c1. The summed E-state index contributed by atoms with van der Waals surface area (Å²) in [6.07, 6.45) is 1.64. The molecule has 1 aromatic heterocycles. The molecule has 120 valence electrons. The van der Waals surface area contributed by atoms with Gasteiger partial charge in [0, 0.05) is 11.8 Å². The van der Waals surface area contributed by atoms with E-state index in [9.17, 15) is 0 Å². The van der Waals surface area contributed by atoms with Gasteiger partial charge in [0.1, 0.15) is 12.4 Å². The maximum atomic E-state index is 6.02. The van der Waals surface area contributed by atoms with Crippen LogP contribution in [0.1, 0.15) is 18.1 Å². The molecule has 24 heavy (non-hydrogen) atoms. The van der Waals surface area contributed by atoms with Gasteiger partial charge in [-0.3, -0.25) is 0 Å². The summed E-state index contributed by atoms with van der Waals surface area (Å²) in [6.45, 7) is 6.46. The van der Waals surface area contributed by atoms with Crippen molar-refractivity contribution >= 4 is 11.5 Å². The van der Waals surface area contributed by atoms with E-state index in [4.69, 9.17) is 10.5 Å². The number of benzene rings is 2. The molecule has 3 rings (SSSR count). The topological polar surface area (TPSA) is 61.0 Å². The number of ether oxygens (including phenoxy) is 1. The summed E-state index contributed by atoms with van der Waals surface area (Å²) >= 11 is 0. The van der Waals surface area contributed by atoms with Gasteiger partial charge >= 0.3 is 0 Å². The molecule has 0 aliphatic carbocycles. The van der Waals surface area contributed by atoms with Crippen LogP contribution in [0.4, 0.5) is 5.95 Å². The normalized spacial score (nSPS) is 10.4. The summed E-state index contributed by atoms with van der Waals surface area (Å²) in [4.78, 5) is 8.27. The van der Waals surface area contributed by atoms with Gasteiger partial charge in [-0.1, -0.05) is 48.6 Å². The summed E-state index contributed by atoms with van der Waals surface area (Å²) < 4.78 is 6.02. The van der Waals surface area contributed by atoms with E-state index >= 15 is 0 Å². The first kappa shape index (κ1) is 15.7. The zero-order chi connectivity index (χ0) is 16.9. The average molecular weight is 317 g/mol. The van der Waals surface area contributed by atoms with E-state index in [0.29, 0.717) is 6.61 Å². The van der Waals surface area contributed by atoms with Crippen molar-refractivity contribution in [3.63, 3.8) is 0 Å². The van der Waals surface area contributed by atoms with Crippen LogP contribution in [0.5, 0.6) is 5.75 Å². The fraction of sp³-hybridized carbons (Fsp3) is 0.100. The third kappa shape index (κ3) is 3.60. The lowest BCUT2D eigenvalue weighted by Gasteiger charge is -2.13. The minimum atomic E-state index is 0.238. The molecule has 4 nitrogen and oxygen atoms in total. The molecule has 0 saturated carbocycles. The van der Waals surface area contributed by atoms with Crippen LogP contribution in [0.25, 0.3) is 16.8 Å². The third-order valence-electron chi connectivity index (χ3n) is 3.66. The summed E-state index contributed by atoms with van der Waals surface area (Å²) in [7, 11) is 0. The van der Waals surface area contributed by atoms with Crippen molar-refractivity contribution < 1.29 is 4.74 Å². The Morgan fingerprint density at radius 1 is 1.12 bits per heavy atom. The van der Waals surface area contributed by atoms with E-state index in [1.165, 1.54) is 0 Å². The van der Waals surface area contributed by atoms with Crippen molar-refractivity contribution in [1.29, 1.82) is 0 Å². The Morgan fingerprint density at radius 3 is 2.62 bits per heavy atom. The zero-order valence-electron chi connectivity index (χ0n) is 13.6. The molecule has 0 aliphatic heterocycles. The molecular weight excluding hydrogens is 298 g/mol. The number of nitrogen functional groups attached to an aromatic ring is 1. The molecule has 2 N–H and O–H groups in total. The molecule has 1 heterocycles. The number of anilines is 1. The summed E-state index contributed by atoms with van der Waals surface area (Å²) in [5.41, 5.74) is 10.5. The van der Waals surface area contributed by atoms with Gasteiger partial charge in [-0.25, -0.2) is 9.97 Å². The largest absolute Gasteiger partial charge is 0.488 e. The van der Waals surface area contributed by atoms with Crippen LogP contribution in [-0.2, 0) is 6.61 Å². The van der Waals surface area contributed by atoms with Gasteiger partial charge in [-0.15, -0.1) is 0 Å². The first-order valence-corrected chi connectivity index (χ1v) is 7.69. The van der Waals surface area contributed by atoms with E-state index in [0.717, 1.165) is 33.7 Å². The highest BCUT2D eigenvalue weighted by molar-refractivity contribution is 5.74. The number of hydrogen-bond acceptors (Lipinski definition) is 4. The lowest BCUT2D eigenvalue weighted by molar-refractivity contribution is 0.307. The minimum absolute atomic E-state index is 0.238. The van der Waals surface area contributed by atoms with Gasteiger partial charge in [-0.2, -0.15) is 0 Å². The summed E-state index contributed by atoms with van der Waals surface area (Å²) in [5, 5.41) is 0. The van der Waals surface area contributed by atoms with Crippen LogP contribution in [-0.4, -0.2) is 9.97 Å². The van der Waals surface area contributed by atoms with E-state index in [2.05, 4.69) is 16.5 Å². The average Bonchev–Trinajstić information content (AvgIpc) is 2.60. The molecule has 2 aromatic carbocycles. The highest BCUT2D eigenvalue weighted by atomic mass is 16.5. The Bertz CT molecular complexity index is 860. The predicted octanol–water partition coefficient (Wildman–Crippen LogP) is 4.34. The monoisotopic (exact) mass is 317 g/mol. The number of hydrogen-bond donors (Lipinski definition) is 1. The molecule has 0 bridgehead atoms. The number of nitrogens with zero attached hydrogens (tertiary/aromatic N) is 2. The van der Waals surface area contributed by atoms with Gasteiger partial charge in [-0.05, 0) is 36.2 Å². The van der Waals surface area contributed by atoms with Crippen molar-refractivity contribution in [2.45, 2.75) is 13.5 Å². The lowest BCUT2D eigenvalue weighted by Crippen LogP contribution is -2.00. The number of rotatable bonds is 5. The van der Waals surface area contributed by atoms with Crippen molar-refractivity contribution in [1.82, 2.24) is 9.97 Å². The highest BCUT2D eigenvalue weighted by Crippen LogP contribution is 2.32. The van der Waals surface area contributed by atoms with E-state index in [1.807, 2.05) is 61.5 Å². The standard InChI is InChI=1S/C20H19N3O/c1-14(2)16-8-9-19(24-13-15-6-4-3-5-7-15)17(12-16)18-10-11-22-20(21)23-18/h3-12H,1,13H2,2H3,(H2,21,22,23). The molecule has 4 heteroatoms. The Labute approximate surface area is 141 Å². The second-order valence-corrected chi connectivity index (χ2v) is 5.57. The Hall–Kier alpha value is -3.14. The summed E-state index contributed by atoms with van der Waals surface area (Å²) in [6, 6.07) is 17.8. The number of aromatic nitrogens is 2. The maximum Gasteiger partial charge on any atom is 0.220 e. The lowest BCUT2D eigenvalue weighted by atomic mass is 10.0. The van der Waals surface area contributed by atoms with Crippen molar-refractivity contribution in [3.05, 3.63) is 78.5 Å². The Balaban J connectivity index is 1.97. The van der Waals surface area contributed by atoms with Crippen molar-refractivity contribution in [3.8, 4) is 17.0 Å². The van der Waals surface area contributed by atoms with Crippen LogP contribution in [0.2, 0.25) is 0 Å². The predicted molar refractivity (Wildman–Crippen MR) is 97.4 cm³/mol. The molecule has 0 unspecified atom stereocenters. The second-order valence-electron chi connectivity index (χ2n) is 5.57. The molecule has 0 saturated heterocycles. The van der Waals surface area contributed by atoms with Crippen LogP contribution in [0, 0.1) is 0 Å². The van der Waals surface area contributed by atoms with Gasteiger partial charge in [0.25, 0.3) is 0 Å². The molecular formula is C20H19N3O. The quantitative estimate of drug-likeness (QED) is 0.760. The van der Waals surface area contributed by atoms with Gasteiger partial charge in [0.15, 0.2) is 0 Å². The molecule has 0 atom stereocenters. The van der Waals surface area contributed by atoms with Crippen LogP contribution < -0.4 is 10.5 Å². The molecule has 0 aliphatic rings. The van der Waals surface area contributed by atoms with E-state index < -0.39 is 0 Å². The fourth-order valence-corrected chi connectivity index (χ4v) is 2.38. The van der Waals surface area contributed by atoms with Crippen molar-refractivity contribution in [2.75, 3.05) is 5.73 Å². The smallest absolute Gasteiger partial charge is 0.220 e. The fourth-order valence-electron chi connectivity index (χ4n) is 2.38. The van der Waals surface area contributed by atoms with E-state index in [-0.39, 0.29) is 5.95 Å². The van der Waals surface area contributed by atoms with E-state index in [1.54, 1.807) is 6.20 Å².